The Balaban J connectivity index is -0.000000405. The summed E-state index contributed by atoms with van der Waals surface area (Å²) in [4.78, 5) is 0. The van der Waals surface area contributed by atoms with Gasteiger partial charge in [-0.15, -0.1) is 6.58 Å². The van der Waals surface area contributed by atoms with E-state index in [1.165, 1.54) is 0 Å². The van der Waals surface area contributed by atoms with Crippen LogP contribution >= 0.6 is 0 Å². The van der Waals surface area contributed by atoms with Gasteiger partial charge in [0.15, 0.2) is 0 Å². The van der Waals surface area contributed by atoms with Crippen molar-refractivity contribution in [2.45, 2.75) is 14.9 Å². The lowest BCUT2D eigenvalue weighted by atomic mass is 10.7. The summed E-state index contributed by atoms with van der Waals surface area (Å²) in [7, 11) is 0. The summed E-state index contributed by atoms with van der Waals surface area (Å²) in [5.41, 5.74) is 0. The lowest BCUT2D eigenvalue weighted by Crippen LogP contribution is -2.06. The number of aliphatic hydroxyl groups is 1. The van der Waals surface area contributed by atoms with E-state index in [-0.39, 0.29) is 21.5 Å². The second kappa shape index (κ2) is 16.9. The van der Waals surface area contributed by atoms with Crippen LogP contribution in [-0.2, 0) is 9.47 Å². The van der Waals surface area contributed by atoms with E-state index in [1.807, 2.05) is 0 Å². The maximum atomic E-state index is 8.29. The molecule has 12 heavy (non-hydrogen) atoms. The largest absolute Gasteiger partial charge is 0.394 e. The van der Waals surface area contributed by atoms with Crippen LogP contribution in [0.2, 0.25) is 0 Å². The highest BCUT2D eigenvalue weighted by Crippen LogP contribution is 1.77. The van der Waals surface area contributed by atoms with Crippen LogP contribution in [0.1, 0.15) is 14.9 Å². The Morgan fingerprint density at radius 3 is 2.17 bits per heavy atom. The zero-order chi connectivity index (χ0) is 7.66. The first-order valence-electron chi connectivity index (χ1n) is 3.29. The van der Waals surface area contributed by atoms with Crippen LogP contribution in [-0.4, -0.2) is 38.1 Å². The molecule has 0 radical (unpaired) electrons. The van der Waals surface area contributed by atoms with Gasteiger partial charge in [0, 0.05) is 0 Å². The van der Waals surface area contributed by atoms with Gasteiger partial charge < -0.3 is 14.6 Å². The van der Waals surface area contributed by atoms with E-state index < -0.39 is 0 Å². The highest BCUT2D eigenvalue weighted by Gasteiger charge is 1.85. The maximum absolute atomic E-state index is 8.29. The van der Waals surface area contributed by atoms with E-state index in [4.69, 9.17) is 14.6 Å². The first-order chi connectivity index (χ1) is 4.91. The monoisotopic (exact) mass is 178 g/mol. The molecule has 0 saturated carbocycles. The van der Waals surface area contributed by atoms with Gasteiger partial charge >= 0.3 is 0 Å². The van der Waals surface area contributed by atoms with Crippen molar-refractivity contribution in [3.8, 4) is 0 Å². The molecule has 0 spiro atoms. The Bertz CT molecular complexity index is 74.2. The summed E-state index contributed by atoms with van der Waals surface area (Å²) < 4.78 is 9.92. The zero-order valence-electron chi connectivity index (χ0n) is 6.08. The number of ether oxygens (including phenoxy) is 2. The van der Waals surface area contributed by atoms with E-state index in [2.05, 4.69) is 6.58 Å². The van der Waals surface area contributed by atoms with E-state index in [0.29, 0.717) is 26.4 Å². The van der Waals surface area contributed by atoms with Crippen molar-refractivity contribution in [1.29, 1.82) is 0 Å². The molecule has 0 aliphatic heterocycles. The SMILES string of the molecule is C.C.C=CCOCCOCCO. The van der Waals surface area contributed by atoms with Gasteiger partial charge in [0.05, 0.1) is 33.0 Å². The van der Waals surface area contributed by atoms with Gasteiger partial charge in [0.2, 0.25) is 0 Å². The number of rotatable bonds is 7. The van der Waals surface area contributed by atoms with Gasteiger partial charge in [-0.1, -0.05) is 20.9 Å². The van der Waals surface area contributed by atoms with Crippen LogP contribution < -0.4 is 0 Å². The molecule has 0 aromatic carbocycles. The summed E-state index contributed by atoms with van der Waals surface area (Å²) in [6.45, 7) is 5.60. The molecule has 0 saturated heterocycles. The van der Waals surface area contributed by atoms with Crippen molar-refractivity contribution in [2.75, 3.05) is 33.0 Å². The standard InChI is InChI=1S/C7H14O3.2CH4/c1-2-4-9-6-7-10-5-3-8;;/h2,8H,1,3-7H2;2*1H4. The smallest absolute Gasteiger partial charge is 0.0704 e. The minimum Gasteiger partial charge on any atom is -0.394 e. The zero-order valence-corrected chi connectivity index (χ0v) is 6.08. The summed E-state index contributed by atoms with van der Waals surface area (Å²) in [5.74, 6) is 0. The Morgan fingerprint density at radius 2 is 1.67 bits per heavy atom. The molecule has 0 fully saturated rings. The quantitative estimate of drug-likeness (QED) is 0.474. The topological polar surface area (TPSA) is 38.7 Å². The molecule has 0 unspecified atom stereocenters. The summed E-state index contributed by atoms with van der Waals surface area (Å²) in [5, 5.41) is 8.29. The van der Waals surface area contributed by atoms with Crippen LogP contribution in [0.4, 0.5) is 0 Å². The van der Waals surface area contributed by atoms with E-state index in [0.717, 1.165) is 0 Å². The van der Waals surface area contributed by atoms with Crippen molar-refractivity contribution in [3.63, 3.8) is 0 Å². The van der Waals surface area contributed by atoms with Crippen LogP contribution in [0.25, 0.3) is 0 Å². The third-order valence-corrected chi connectivity index (χ3v) is 0.843. The summed E-state index contributed by atoms with van der Waals surface area (Å²) in [6, 6.07) is 0. The van der Waals surface area contributed by atoms with E-state index in [1.54, 1.807) is 6.08 Å². The van der Waals surface area contributed by atoms with Crippen LogP contribution in [0, 0.1) is 0 Å². The fourth-order valence-corrected chi connectivity index (χ4v) is 0.451. The van der Waals surface area contributed by atoms with Gasteiger partial charge in [-0.2, -0.15) is 0 Å². The minimum absolute atomic E-state index is 0. The minimum atomic E-state index is 0. The highest BCUT2D eigenvalue weighted by atomic mass is 16.5. The third kappa shape index (κ3) is 16.3. The predicted octanol–water partition coefficient (Wildman–Crippen LogP) is 1.47. The van der Waals surface area contributed by atoms with Gasteiger partial charge in [0.1, 0.15) is 0 Å². The lowest BCUT2D eigenvalue weighted by molar-refractivity contribution is 0.0412. The molecular weight excluding hydrogens is 156 g/mol. The normalized spacial score (nSPS) is 8.08. The second-order valence-corrected chi connectivity index (χ2v) is 1.70. The average Bonchev–Trinajstić information content (AvgIpc) is 1.97. The van der Waals surface area contributed by atoms with Gasteiger partial charge in [-0.3, -0.25) is 0 Å². The molecule has 3 nitrogen and oxygen atoms in total. The number of hydrogen-bond donors (Lipinski definition) is 1. The maximum Gasteiger partial charge on any atom is 0.0704 e. The molecule has 0 amide bonds. The van der Waals surface area contributed by atoms with Crippen molar-refractivity contribution in [1.82, 2.24) is 0 Å². The van der Waals surface area contributed by atoms with Gasteiger partial charge in [0.25, 0.3) is 0 Å². The molecule has 0 aromatic heterocycles. The summed E-state index contributed by atoms with van der Waals surface area (Å²) in [6.07, 6.45) is 1.69. The molecule has 76 valence electrons. The molecule has 0 heterocycles. The molecule has 1 N–H and O–H groups in total. The molecule has 0 aromatic rings. The first kappa shape index (κ1) is 17.6. The lowest BCUT2D eigenvalue weighted by Gasteiger charge is -2.00. The van der Waals surface area contributed by atoms with Crippen molar-refractivity contribution in [3.05, 3.63) is 12.7 Å². The Morgan fingerprint density at radius 1 is 1.08 bits per heavy atom. The fraction of sp³-hybridized carbons (Fsp3) is 0.778. The van der Waals surface area contributed by atoms with Crippen molar-refractivity contribution >= 4 is 0 Å². The van der Waals surface area contributed by atoms with E-state index in [9.17, 15) is 0 Å². The predicted molar refractivity (Wildman–Crippen MR) is 52.4 cm³/mol. The second-order valence-electron chi connectivity index (χ2n) is 1.70. The Hall–Kier alpha value is -0.380. The number of hydrogen-bond acceptors (Lipinski definition) is 3. The van der Waals surface area contributed by atoms with Crippen molar-refractivity contribution < 1.29 is 14.6 Å². The van der Waals surface area contributed by atoms with Crippen LogP contribution in [0.15, 0.2) is 12.7 Å². The highest BCUT2D eigenvalue weighted by molar-refractivity contribution is 4.63. The molecule has 0 aliphatic carbocycles. The molecule has 0 rings (SSSR count). The molecule has 3 heteroatoms. The van der Waals surface area contributed by atoms with Gasteiger partial charge in [-0.25, -0.2) is 0 Å². The fourth-order valence-electron chi connectivity index (χ4n) is 0.451. The summed E-state index contributed by atoms with van der Waals surface area (Å²) >= 11 is 0. The molecule has 0 aliphatic rings. The van der Waals surface area contributed by atoms with Crippen LogP contribution in [0.3, 0.4) is 0 Å². The molecular formula is C9H22O3. The molecule has 0 bridgehead atoms. The Labute approximate surface area is 76.0 Å². The first-order valence-corrected chi connectivity index (χ1v) is 3.29. The van der Waals surface area contributed by atoms with Crippen LogP contribution in [0.5, 0.6) is 0 Å². The Kier molecular flexibility index (Phi) is 24.9. The van der Waals surface area contributed by atoms with Crippen molar-refractivity contribution in [2.24, 2.45) is 0 Å². The third-order valence-electron chi connectivity index (χ3n) is 0.843. The average molecular weight is 178 g/mol. The van der Waals surface area contributed by atoms with E-state index >= 15 is 0 Å². The molecule has 0 atom stereocenters. The number of aliphatic hydroxyl groups excluding tert-OH is 1. The van der Waals surface area contributed by atoms with Gasteiger partial charge in [-0.05, 0) is 0 Å².